The smallest absolute Gasteiger partial charge is 0.338 e. The molecule has 0 saturated carbocycles. The summed E-state index contributed by atoms with van der Waals surface area (Å²) in [7, 11) is 0. The molecule has 1 heterocycles. The van der Waals surface area contributed by atoms with Crippen molar-refractivity contribution in [1.29, 1.82) is 0 Å². The molecule has 5 rings (SSSR count). The highest BCUT2D eigenvalue weighted by Crippen LogP contribution is 2.45. The first-order chi connectivity index (χ1) is 19.3. The van der Waals surface area contributed by atoms with Crippen molar-refractivity contribution in [1.82, 2.24) is 0 Å². The zero-order valence-corrected chi connectivity index (χ0v) is 21.8. The zero-order valence-electron chi connectivity index (χ0n) is 21.8. The molecule has 1 saturated heterocycles. The molecule has 0 unspecified atom stereocenters. The Bertz CT molecular complexity index is 1530. The largest absolute Gasteiger partial charge is 0.508 e. The minimum atomic E-state index is -0.489. The predicted molar refractivity (Wildman–Crippen MR) is 149 cm³/mol. The van der Waals surface area contributed by atoms with Crippen LogP contribution in [-0.2, 0) is 9.53 Å². The normalized spacial score (nSPS) is 16.9. The molecule has 0 radical (unpaired) electrons. The van der Waals surface area contributed by atoms with Crippen molar-refractivity contribution in [3.05, 3.63) is 137 Å². The number of carbonyl (C=O) groups excluding carboxylic acids is 2. The van der Waals surface area contributed by atoms with E-state index in [-0.39, 0.29) is 24.3 Å². The van der Waals surface area contributed by atoms with Gasteiger partial charge in [-0.25, -0.2) is 13.6 Å². The number of aromatic hydroxyl groups is 1. The van der Waals surface area contributed by atoms with Crippen molar-refractivity contribution < 1.29 is 28.2 Å². The third-order valence-corrected chi connectivity index (χ3v) is 7.03. The number of hydrogen-bond donors (Lipinski definition) is 1. The highest BCUT2D eigenvalue weighted by molar-refractivity contribution is 6.03. The van der Waals surface area contributed by atoms with Crippen LogP contribution in [0.15, 0.2) is 103 Å². The number of rotatable bonds is 8. The number of hydrogen-bond acceptors (Lipinski definition) is 4. The van der Waals surface area contributed by atoms with Gasteiger partial charge in [-0.2, -0.15) is 0 Å². The number of phenols is 1. The van der Waals surface area contributed by atoms with Gasteiger partial charge in [-0.1, -0.05) is 48.0 Å². The van der Waals surface area contributed by atoms with Crippen LogP contribution in [0.5, 0.6) is 5.75 Å². The molecule has 0 aromatic heterocycles. The first kappa shape index (κ1) is 26.8. The Balaban J connectivity index is 1.41. The molecule has 1 amide bonds. The molecular weight excluding hydrogens is 512 g/mol. The zero-order chi connectivity index (χ0) is 28.2. The van der Waals surface area contributed by atoms with Gasteiger partial charge in [0.05, 0.1) is 17.5 Å². The summed E-state index contributed by atoms with van der Waals surface area (Å²) in [6.07, 6.45) is 2.16. The summed E-state index contributed by atoms with van der Waals surface area (Å²) in [5, 5.41) is 9.78. The SMILES string of the molecule is Cc1ccc(C(=O)OCC(=CC[C@H]2C(=O)N(c3ccc(F)cc3)[C@@H]2c2ccc(O)cc2)c2ccc(F)cc2)cc1. The number of halogens is 2. The van der Waals surface area contributed by atoms with Gasteiger partial charge in [-0.15, -0.1) is 0 Å². The van der Waals surface area contributed by atoms with Gasteiger partial charge in [-0.05, 0) is 90.7 Å². The van der Waals surface area contributed by atoms with Crippen LogP contribution in [0.25, 0.3) is 5.57 Å². The number of β-lactam (4-membered cyclic amide) rings is 1. The number of benzene rings is 4. The first-order valence-corrected chi connectivity index (χ1v) is 12.9. The van der Waals surface area contributed by atoms with Crippen molar-refractivity contribution in [3.63, 3.8) is 0 Å². The Morgan fingerprint density at radius 2 is 1.43 bits per heavy atom. The number of anilines is 1. The maximum absolute atomic E-state index is 13.6. The summed E-state index contributed by atoms with van der Waals surface area (Å²) in [5.41, 5.74) is 4.12. The molecule has 202 valence electrons. The van der Waals surface area contributed by atoms with E-state index in [0.29, 0.717) is 28.8 Å². The molecule has 1 N–H and O–H groups in total. The molecule has 1 aliphatic heterocycles. The van der Waals surface area contributed by atoms with Crippen molar-refractivity contribution in [3.8, 4) is 5.75 Å². The highest BCUT2D eigenvalue weighted by Gasteiger charge is 2.48. The number of phenolic OH excluding ortho intramolecular Hbond substituents is 1. The van der Waals surface area contributed by atoms with Gasteiger partial charge >= 0.3 is 5.97 Å². The Labute approximate surface area is 231 Å². The van der Waals surface area contributed by atoms with Crippen molar-refractivity contribution in [2.45, 2.75) is 19.4 Å². The Morgan fingerprint density at radius 1 is 0.850 bits per heavy atom. The minimum absolute atomic E-state index is 0.0647. The summed E-state index contributed by atoms with van der Waals surface area (Å²) in [6, 6.07) is 24.9. The van der Waals surface area contributed by atoms with E-state index in [9.17, 15) is 23.5 Å². The number of carbonyl (C=O) groups is 2. The lowest BCUT2D eigenvalue weighted by Crippen LogP contribution is -2.55. The van der Waals surface area contributed by atoms with Crippen molar-refractivity contribution in [2.24, 2.45) is 5.92 Å². The second kappa shape index (κ2) is 11.5. The van der Waals surface area contributed by atoms with Crippen LogP contribution in [0.4, 0.5) is 14.5 Å². The van der Waals surface area contributed by atoms with Crippen LogP contribution in [0.3, 0.4) is 0 Å². The van der Waals surface area contributed by atoms with Gasteiger partial charge in [-0.3, -0.25) is 4.79 Å². The third-order valence-electron chi connectivity index (χ3n) is 7.03. The lowest BCUT2D eigenvalue weighted by atomic mass is 9.79. The molecule has 5 nitrogen and oxygen atoms in total. The van der Waals surface area contributed by atoms with Crippen LogP contribution in [0.2, 0.25) is 0 Å². The van der Waals surface area contributed by atoms with Crippen molar-refractivity contribution >= 4 is 23.1 Å². The van der Waals surface area contributed by atoms with E-state index in [0.717, 1.165) is 11.1 Å². The summed E-state index contributed by atoms with van der Waals surface area (Å²) < 4.78 is 32.8. The molecule has 0 aliphatic carbocycles. The number of allylic oxidation sites excluding steroid dienone is 1. The van der Waals surface area contributed by atoms with E-state index in [2.05, 4.69) is 0 Å². The average molecular weight is 540 g/mol. The van der Waals surface area contributed by atoms with Crippen LogP contribution >= 0.6 is 0 Å². The topological polar surface area (TPSA) is 66.8 Å². The molecule has 1 fully saturated rings. The fourth-order valence-electron chi connectivity index (χ4n) is 4.83. The molecule has 0 bridgehead atoms. The number of ether oxygens (including phenoxy) is 1. The molecule has 4 aromatic rings. The van der Waals surface area contributed by atoms with Gasteiger partial charge < -0.3 is 14.7 Å². The van der Waals surface area contributed by atoms with E-state index >= 15 is 0 Å². The van der Waals surface area contributed by atoms with Gasteiger partial charge in [0.15, 0.2) is 0 Å². The van der Waals surface area contributed by atoms with Crippen LogP contribution < -0.4 is 4.90 Å². The molecular formula is C33H27F2NO4. The first-order valence-electron chi connectivity index (χ1n) is 12.9. The maximum atomic E-state index is 13.6. The Hall–Kier alpha value is -4.78. The lowest BCUT2D eigenvalue weighted by molar-refractivity contribution is -0.130. The Kier molecular flexibility index (Phi) is 7.73. The average Bonchev–Trinajstić information content (AvgIpc) is 2.96. The summed E-state index contributed by atoms with van der Waals surface area (Å²) >= 11 is 0. The highest BCUT2D eigenvalue weighted by atomic mass is 19.1. The summed E-state index contributed by atoms with van der Waals surface area (Å²) in [6.45, 7) is 1.86. The molecule has 7 heteroatoms. The summed E-state index contributed by atoms with van der Waals surface area (Å²) in [5.74, 6) is -1.78. The van der Waals surface area contributed by atoms with Gasteiger partial charge in [0.25, 0.3) is 0 Å². The Morgan fingerprint density at radius 3 is 2.05 bits per heavy atom. The fourth-order valence-corrected chi connectivity index (χ4v) is 4.83. The van der Waals surface area contributed by atoms with Crippen LogP contribution in [0.1, 0.15) is 39.5 Å². The van der Waals surface area contributed by atoms with Crippen LogP contribution in [0, 0.1) is 24.5 Å². The number of nitrogens with zero attached hydrogens (tertiary/aromatic N) is 1. The molecule has 2 atom stereocenters. The van der Waals surface area contributed by atoms with Crippen LogP contribution in [-0.4, -0.2) is 23.6 Å². The monoisotopic (exact) mass is 539 g/mol. The van der Waals surface area contributed by atoms with Gasteiger partial charge in [0.1, 0.15) is 24.0 Å². The molecule has 1 aliphatic rings. The van der Waals surface area contributed by atoms with E-state index in [4.69, 9.17) is 4.74 Å². The number of amides is 1. The van der Waals surface area contributed by atoms with Crippen molar-refractivity contribution in [2.75, 3.05) is 11.5 Å². The molecule has 40 heavy (non-hydrogen) atoms. The van der Waals surface area contributed by atoms with E-state index in [1.54, 1.807) is 65.6 Å². The fraction of sp³-hybridized carbons (Fsp3) is 0.152. The predicted octanol–water partition coefficient (Wildman–Crippen LogP) is 7.01. The van der Waals surface area contributed by atoms with E-state index in [1.807, 2.05) is 25.1 Å². The molecule has 4 aromatic carbocycles. The van der Waals surface area contributed by atoms with Gasteiger partial charge in [0.2, 0.25) is 5.91 Å². The third kappa shape index (κ3) is 5.78. The summed E-state index contributed by atoms with van der Waals surface area (Å²) in [4.78, 5) is 27.7. The van der Waals surface area contributed by atoms with Gasteiger partial charge in [0, 0.05) is 5.69 Å². The second-order valence-corrected chi connectivity index (χ2v) is 9.74. The van der Waals surface area contributed by atoms with E-state index < -0.39 is 23.5 Å². The number of aryl methyl sites for hydroxylation is 1. The second-order valence-electron chi connectivity index (χ2n) is 9.74. The minimum Gasteiger partial charge on any atom is -0.508 e. The number of esters is 1. The van der Waals surface area contributed by atoms with E-state index in [1.165, 1.54) is 24.3 Å². The maximum Gasteiger partial charge on any atom is 0.338 e. The quantitative estimate of drug-likeness (QED) is 0.193. The molecule has 0 spiro atoms. The standard InChI is InChI=1S/C33H27F2NO4/c1-21-2-4-24(5-3-21)33(39)40-20-25(22-6-11-26(34)12-7-22)10-19-30-31(23-8-17-29(37)18-9-23)36(32(30)38)28-15-13-27(35)14-16-28/h2-18,30-31,37H,19-20H2,1H3/t30-,31-/m1/s1. The lowest BCUT2D eigenvalue weighted by Gasteiger charge is -2.47.